The van der Waals surface area contributed by atoms with Gasteiger partial charge in [-0.1, -0.05) is 12.1 Å². The molecule has 7 nitrogen and oxygen atoms in total. The molecule has 1 heterocycles. The van der Waals surface area contributed by atoms with Gasteiger partial charge in [0.1, 0.15) is 6.33 Å². The monoisotopic (exact) mass is 302 g/mol. The molecular weight excluding hydrogens is 294 g/mol. The van der Waals surface area contributed by atoms with Gasteiger partial charge in [-0.2, -0.15) is 13.9 Å². The van der Waals surface area contributed by atoms with E-state index in [4.69, 9.17) is 0 Å². The second-order valence-corrected chi connectivity index (χ2v) is 5.48. The fraction of sp³-hybridized carbons (Fsp3) is 0.100. The predicted octanol–water partition coefficient (Wildman–Crippen LogP) is 1.05. The number of carbonyl (C=O) groups is 1. The first-order valence-corrected chi connectivity index (χ1v) is 6.75. The Hall–Kier alpha value is -2.36. The number of aromatic amines is 1. The van der Waals surface area contributed by atoms with Crippen LogP contribution in [0.1, 0.15) is 10.6 Å². The molecule has 1 aromatic carbocycles. The van der Waals surface area contributed by atoms with E-state index in [1.54, 1.807) is 0 Å². The van der Waals surface area contributed by atoms with E-state index in [9.17, 15) is 22.0 Å². The summed E-state index contributed by atoms with van der Waals surface area (Å²) in [6.07, 6.45) is 1.08. The van der Waals surface area contributed by atoms with Crippen molar-refractivity contribution in [3.8, 4) is 0 Å². The molecule has 10 heteroatoms. The molecule has 1 aromatic heterocycles. The lowest BCUT2D eigenvalue weighted by Crippen LogP contribution is -2.18. The number of sulfone groups is 1. The summed E-state index contributed by atoms with van der Waals surface area (Å²) in [4.78, 5) is 14.6. The first-order valence-electron chi connectivity index (χ1n) is 5.20. The minimum atomic E-state index is -4.82. The molecule has 20 heavy (non-hydrogen) atoms. The molecule has 0 saturated carbocycles. The number of aromatic nitrogens is 3. The molecule has 2 aromatic rings. The zero-order valence-electron chi connectivity index (χ0n) is 9.75. The second kappa shape index (κ2) is 5.33. The number of H-pyrrole nitrogens is 1. The summed E-state index contributed by atoms with van der Waals surface area (Å²) in [5.74, 6) is -4.54. The van der Waals surface area contributed by atoms with Crippen molar-refractivity contribution in [3.05, 3.63) is 36.4 Å². The molecule has 0 spiro atoms. The zero-order valence-corrected chi connectivity index (χ0v) is 10.6. The smallest absolute Gasteiger partial charge is 0.318 e. The second-order valence-electron chi connectivity index (χ2n) is 3.59. The third kappa shape index (κ3) is 2.64. The molecule has 0 bridgehead atoms. The Morgan fingerprint density at radius 1 is 1.30 bits per heavy atom. The normalized spacial score (nSPS) is 11.6. The maximum Gasteiger partial charge on any atom is 0.341 e. The number of nitrogens with zero attached hydrogens (tertiary/aromatic N) is 2. The van der Waals surface area contributed by atoms with Gasteiger partial charge in [-0.15, -0.1) is 0 Å². The van der Waals surface area contributed by atoms with Crippen molar-refractivity contribution in [2.75, 3.05) is 5.32 Å². The van der Waals surface area contributed by atoms with Crippen LogP contribution in [0.5, 0.6) is 0 Å². The molecule has 0 unspecified atom stereocenters. The summed E-state index contributed by atoms with van der Waals surface area (Å²) in [5.41, 5.74) is -0.255. The van der Waals surface area contributed by atoms with Crippen molar-refractivity contribution >= 4 is 21.4 Å². The van der Waals surface area contributed by atoms with Crippen LogP contribution in [0.3, 0.4) is 0 Å². The van der Waals surface area contributed by atoms with E-state index in [-0.39, 0.29) is 11.5 Å². The number of alkyl halides is 2. The Bertz CT molecular complexity index is 716. The fourth-order valence-electron chi connectivity index (χ4n) is 1.41. The van der Waals surface area contributed by atoms with Gasteiger partial charge in [0.15, 0.2) is 0 Å². The number of hydrogen-bond donors (Lipinski definition) is 2. The van der Waals surface area contributed by atoms with Gasteiger partial charge >= 0.3 is 5.76 Å². The number of rotatable bonds is 4. The molecule has 0 atom stereocenters. The first-order chi connectivity index (χ1) is 9.43. The highest BCUT2D eigenvalue weighted by atomic mass is 32.2. The number of halogens is 2. The van der Waals surface area contributed by atoms with E-state index in [0.717, 1.165) is 12.4 Å². The Kier molecular flexibility index (Phi) is 3.74. The van der Waals surface area contributed by atoms with Crippen LogP contribution < -0.4 is 5.32 Å². The van der Waals surface area contributed by atoms with E-state index >= 15 is 0 Å². The molecular formula is C10H8F2N4O3S. The third-order valence-corrected chi connectivity index (χ3v) is 3.74. The summed E-state index contributed by atoms with van der Waals surface area (Å²) in [7, 11) is -4.82. The van der Waals surface area contributed by atoms with E-state index in [1.807, 2.05) is 0 Å². The number of carbonyl (C=O) groups excluding carboxylic acids is 1. The number of benzene rings is 1. The van der Waals surface area contributed by atoms with Gasteiger partial charge in [0, 0.05) is 0 Å². The summed E-state index contributed by atoms with van der Waals surface area (Å²) in [6.45, 7) is 0. The van der Waals surface area contributed by atoms with Crippen molar-refractivity contribution in [1.82, 2.24) is 15.2 Å². The maximum atomic E-state index is 12.6. The molecule has 0 aliphatic carbocycles. The standard InChI is InChI=1S/C10H8F2N4O3S/c11-10(12)20(18,19)7-4-2-1-3-6(7)15-9(17)8-13-5-14-16-8/h1-5,10H,(H,15,17)(H,13,14,16). The van der Waals surface area contributed by atoms with Crippen LogP contribution in [0, 0.1) is 0 Å². The summed E-state index contributed by atoms with van der Waals surface area (Å²) in [5, 5.41) is 7.91. The van der Waals surface area contributed by atoms with E-state index in [2.05, 4.69) is 20.5 Å². The SMILES string of the molecule is O=C(Nc1ccccc1S(=O)(=O)C(F)F)c1ncn[nH]1. The van der Waals surface area contributed by atoms with Crippen molar-refractivity contribution in [2.24, 2.45) is 0 Å². The van der Waals surface area contributed by atoms with E-state index < -0.39 is 26.4 Å². The van der Waals surface area contributed by atoms with Gasteiger partial charge in [-0.25, -0.2) is 13.4 Å². The van der Waals surface area contributed by atoms with E-state index in [1.165, 1.54) is 18.2 Å². The zero-order chi connectivity index (χ0) is 14.8. The summed E-state index contributed by atoms with van der Waals surface area (Å²) in [6, 6.07) is 4.86. The Balaban J connectivity index is 2.37. The van der Waals surface area contributed by atoms with Gasteiger partial charge in [0.05, 0.1) is 10.6 Å². The molecule has 0 aliphatic rings. The van der Waals surface area contributed by atoms with Gasteiger partial charge in [-0.3, -0.25) is 9.89 Å². The van der Waals surface area contributed by atoms with Crippen molar-refractivity contribution in [3.63, 3.8) is 0 Å². The molecule has 0 aliphatic heterocycles. The molecule has 106 valence electrons. The predicted molar refractivity (Wildman–Crippen MR) is 64.0 cm³/mol. The van der Waals surface area contributed by atoms with Crippen LogP contribution in [0.2, 0.25) is 0 Å². The molecule has 2 rings (SSSR count). The quantitative estimate of drug-likeness (QED) is 0.878. The highest BCUT2D eigenvalue weighted by Gasteiger charge is 2.29. The molecule has 1 amide bonds. The largest absolute Gasteiger partial charge is 0.341 e. The highest BCUT2D eigenvalue weighted by Crippen LogP contribution is 2.26. The lowest BCUT2D eigenvalue weighted by Gasteiger charge is -2.10. The van der Waals surface area contributed by atoms with Crippen molar-refractivity contribution in [2.45, 2.75) is 10.7 Å². The fourth-order valence-corrected chi connectivity index (χ4v) is 2.30. The van der Waals surface area contributed by atoms with Crippen molar-refractivity contribution in [1.29, 1.82) is 0 Å². The Labute approximate surface area is 112 Å². The van der Waals surface area contributed by atoms with Crippen LogP contribution in [-0.4, -0.2) is 35.3 Å². The lowest BCUT2D eigenvalue weighted by molar-refractivity contribution is 0.101. The third-order valence-electron chi connectivity index (χ3n) is 2.31. The molecule has 0 saturated heterocycles. The maximum absolute atomic E-state index is 12.6. The van der Waals surface area contributed by atoms with E-state index in [0.29, 0.717) is 0 Å². The number of para-hydroxylation sites is 1. The number of hydrogen-bond acceptors (Lipinski definition) is 5. The molecule has 0 radical (unpaired) electrons. The minimum absolute atomic E-state index is 0.172. The lowest BCUT2D eigenvalue weighted by atomic mass is 10.3. The average Bonchev–Trinajstić information content (AvgIpc) is 2.93. The van der Waals surface area contributed by atoms with Crippen LogP contribution in [0.25, 0.3) is 0 Å². The Morgan fingerprint density at radius 3 is 2.60 bits per heavy atom. The number of amides is 1. The average molecular weight is 302 g/mol. The highest BCUT2D eigenvalue weighted by molar-refractivity contribution is 7.91. The van der Waals surface area contributed by atoms with Gasteiger partial charge in [0.25, 0.3) is 5.91 Å². The van der Waals surface area contributed by atoms with Gasteiger partial charge in [-0.05, 0) is 12.1 Å². The minimum Gasteiger partial charge on any atom is -0.318 e. The molecule has 2 N–H and O–H groups in total. The van der Waals surface area contributed by atoms with Gasteiger partial charge < -0.3 is 5.32 Å². The topological polar surface area (TPSA) is 105 Å². The first kappa shape index (κ1) is 14.1. The van der Waals surface area contributed by atoms with Crippen LogP contribution in [0.4, 0.5) is 14.5 Å². The summed E-state index contributed by atoms with van der Waals surface area (Å²) >= 11 is 0. The number of anilines is 1. The summed E-state index contributed by atoms with van der Waals surface area (Å²) < 4.78 is 48.1. The van der Waals surface area contributed by atoms with Crippen molar-refractivity contribution < 1.29 is 22.0 Å². The van der Waals surface area contributed by atoms with Crippen LogP contribution in [-0.2, 0) is 9.84 Å². The van der Waals surface area contributed by atoms with Crippen LogP contribution >= 0.6 is 0 Å². The van der Waals surface area contributed by atoms with Crippen LogP contribution in [0.15, 0.2) is 35.5 Å². The van der Waals surface area contributed by atoms with Gasteiger partial charge in [0.2, 0.25) is 15.7 Å². The molecule has 0 fully saturated rings. The Morgan fingerprint density at radius 2 is 2.00 bits per heavy atom. The number of nitrogens with one attached hydrogen (secondary N) is 2.